The van der Waals surface area contributed by atoms with Gasteiger partial charge in [0, 0.05) is 5.92 Å². The molecule has 0 spiro atoms. The lowest BCUT2D eigenvalue weighted by Crippen LogP contribution is -2.56. The minimum absolute atomic E-state index is 0.253. The van der Waals surface area contributed by atoms with Crippen molar-refractivity contribution in [3.8, 4) is 5.75 Å². The van der Waals surface area contributed by atoms with Crippen molar-refractivity contribution in [2.45, 2.75) is 56.0 Å². The molecular weight excluding hydrogens is 533 g/mol. The number of methoxy groups -OCH3 is 1. The molecule has 8 nitrogen and oxygen atoms in total. The number of hydrogen-bond donors (Lipinski definition) is 2. The Kier molecular flexibility index (Phi) is 7.55. The Morgan fingerprint density at radius 1 is 0.976 bits per heavy atom. The second-order valence-electron chi connectivity index (χ2n) is 11.0. The van der Waals surface area contributed by atoms with Crippen molar-refractivity contribution in [1.29, 1.82) is 0 Å². The summed E-state index contributed by atoms with van der Waals surface area (Å²) in [6, 6.07) is 27.9. The number of nitrogens with zero attached hydrogens (tertiary/aromatic N) is 4. The minimum atomic E-state index is -1.32. The first-order valence-corrected chi connectivity index (χ1v) is 14.3. The van der Waals surface area contributed by atoms with Gasteiger partial charge in [0.05, 0.1) is 25.7 Å². The Balaban J connectivity index is 1.40. The van der Waals surface area contributed by atoms with E-state index >= 15 is 4.39 Å². The number of hydrogen-bond acceptors (Lipinski definition) is 8. The van der Waals surface area contributed by atoms with E-state index < -0.39 is 41.7 Å². The summed E-state index contributed by atoms with van der Waals surface area (Å²) >= 11 is 0. The van der Waals surface area contributed by atoms with E-state index in [0.717, 1.165) is 22.4 Å². The van der Waals surface area contributed by atoms with E-state index in [-0.39, 0.29) is 6.61 Å². The van der Waals surface area contributed by atoms with Gasteiger partial charge in [0.15, 0.2) is 18.6 Å². The number of aliphatic imine (C=N–C) groups is 3. The number of aliphatic hydroxyl groups is 1. The maximum Gasteiger partial charge on any atom is 0.165 e. The highest BCUT2D eigenvalue weighted by atomic mass is 19.1. The molecule has 0 saturated carbocycles. The van der Waals surface area contributed by atoms with Gasteiger partial charge in [-0.15, -0.1) is 0 Å². The van der Waals surface area contributed by atoms with Crippen molar-refractivity contribution >= 4 is 18.5 Å². The van der Waals surface area contributed by atoms with Gasteiger partial charge in [-0.1, -0.05) is 86.6 Å². The topological polar surface area (TPSA) is 91.0 Å². The van der Waals surface area contributed by atoms with Gasteiger partial charge < -0.3 is 24.8 Å². The van der Waals surface area contributed by atoms with Gasteiger partial charge in [-0.3, -0.25) is 4.99 Å². The lowest BCUT2D eigenvalue weighted by molar-refractivity contribution is -0.128. The van der Waals surface area contributed by atoms with Gasteiger partial charge in [0.1, 0.15) is 29.5 Å². The zero-order valence-electron chi connectivity index (χ0n) is 24.0. The molecule has 6 rings (SSSR count). The normalized spacial score (nSPS) is 28.5. The zero-order valence-corrected chi connectivity index (χ0v) is 24.0. The van der Waals surface area contributed by atoms with Crippen molar-refractivity contribution < 1.29 is 19.0 Å². The summed E-state index contributed by atoms with van der Waals surface area (Å²) < 4.78 is 27.4. The highest BCUT2D eigenvalue weighted by molar-refractivity contribution is 5.98. The molecule has 0 radical (unpaired) electrons. The predicted octanol–water partition coefficient (Wildman–Crippen LogP) is 4.53. The van der Waals surface area contributed by atoms with Crippen LogP contribution in [0.4, 0.5) is 4.39 Å². The molecule has 1 saturated heterocycles. The number of fused-ring (bicyclic) bond motifs is 1. The van der Waals surface area contributed by atoms with Crippen molar-refractivity contribution in [2.24, 2.45) is 20.9 Å². The van der Waals surface area contributed by atoms with E-state index in [2.05, 4.69) is 34.6 Å². The van der Waals surface area contributed by atoms with Crippen LogP contribution in [0.5, 0.6) is 5.75 Å². The number of nitrogens with one attached hydrogen (secondary N) is 1. The molecule has 0 aromatic heterocycles. The quantitative estimate of drug-likeness (QED) is 0.389. The molecule has 3 heterocycles. The Morgan fingerprint density at radius 2 is 1.60 bits per heavy atom. The van der Waals surface area contributed by atoms with E-state index in [1.54, 1.807) is 25.3 Å². The molecule has 3 aromatic rings. The second-order valence-corrected chi connectivity index (χ2v) is 11.0. The molecule has 3 aliphatic rings. The largest absolute Gasteiger partial charge is 0.497 e. The molecule has 0 aliphatic carbocycles. The van der Waals surface area contributed by atoms with Crippen molar-refractivity contribution in [3.63, 3.8) is 0 Å². The van der Waals surface area contributed by atoms with Gasteiger partial charge in [0.2, 0.25) is 0 Å². The van der Waals surface area contributed by atoms with Crippen LogP contribution in [0, 0.1) is 5.92 Å². The first kappa shape index (κ1) is 28.1. The van der Waals surface area contributed by atoms with Crippen LogP contribution in [0.15, 0.2) is 99.9 Å². The highest BCUT2D eigenvalue weighted by Crippen LogP contribution is 2.43. The van der Waals surface area contributed by atoms with E-state index in [4.69, 9.17) is 19.5 Å². The average molecular weight is 570 g/mol. The summed E-state index contributed by atoms with van der Waals surface area (Å²) in [5.41, 5.74) is 1.20. The van der Waals surface area contributed by atoms with E-state index in [1.165, 1.54) is 6.34 Å². The summed E-state index contributed by atoms with van der Waals surface area (Å²) in [6.07, 6.45) is 0.827. The molecular formula is C33H36FN5O3. The van der Waals surface area contributed by atoms with Gasteiger partial charge in [-0.25, -0.2) is 14.4 Å². The number of amidine groups is 1. The van der Waals surface area contributed by atoms with Crippen LogP contribution in [-0.4, -0.2) is 72.4 Å². The summed E-state index contributed by atoms with van der Waals surface area (Å²) in [7, 11) is 1.65. The van der Waals surface area contributed by atoms with Crippen LogP contribution in [-0.2, 0) is 10.3 Å². The van der Waals surface area contributed by atoms with Crippen LogP contribution in [0.2, 0.25) is 0 Å². The monoisotopic (exact) mass is 569 g/mol. The second kappa shape index (κ2) is 11.3. The maximum absolute atomic E-state index is 15.7. The van der Waals surface area contributed by atoms with E-state index in [1.807, 2.05) is 67.6 Å². The molecule has 0 amide bonds. The smallest absolute Gasteiger partial charge is 0.165 e. The molecule has 3 aliphatic heterocycles. The van der Waals surface area contributed by atoms with Crippen LogP contribution in [0.25, 0.3) is 0 Å². The SMILES string of the molecule is CC[C@@]1(CO)O[C@@H](N2C=NC3C(NC(c4ccccc4)(c4ccccc4)c4ccc(OC)cc4)=NC=NC32)[C@H](F)[C@@H]1C. The van der Waals surface area contributed by atoms with E-state index in [9.17, 15) is 5.11 Å². The fourth-order valence-electron chi connectivity index (χ4n) is 6.39. The molecule has 0 bridgehead atoms. The Bertz CT molecular complexity index is 1420. The van der Waals surface area contributed by atoms with Gasteiger partial charge >= 0.3 is 0 Å². The first-order chi connectivity index (χ1) is 20.5. The van der Waals surface area contributed by atoms with Crippen LogP contribution in [0.3, 0.4) is 0 Å². The summed E-state index contributed by atoms with van der Waals surface area (Å²) in [6.45, 7) is 3.44. The van der Waals surface area contributed by atoms with Gasteiger partial charge in [0.25, 0.3) is 0 Å². The number of aliphatic hydroxyl groups excluding tert-OH is 1. The standard InChI is InChI=1S/C33H36FN5O3/c1-4-32(19-40)22(2)27(34)31(42-32)39-21-37-28-29(35-20-36-30(28)39)38-33(23-11-7-5-8-12-23,24-13-9-6-10-14-24)25-15-17-26(41-3)18-16-25/h5-18,20-22,27-28,30-31,40H,4,19H2,1-3H3,(H,35,36,38)/t22-,27+,28?,30?,31+,32-/m0/s1. The van der Waals surface area contributed by atoms with Gasteiger partial charge in [-0.2, -0.15) is 0 Å². The van der Waals surface area contributed by atoms with Crippen LogP contribution >= 0.6 is 0 Å². The molecule has 6 atom stereocenters. The third kappa shape index (κ3) is 4.48. The third-order valence-corrected chi connectivity index (χ3v) is 8.99. The lowest BCUT2D eigenvalue weighted by Gasteiger charge is -2.40. The highest BCUT2D eigenvalue weighted by Gasteiger charge is 2.56. The summed E-state index contributed by atoms with van der Waals surface area (Å²) in [4.78, 5) is 15.8. The molecule has 3 aromatic carbocycles. The number of alkyl halides is 1. The average Bonchev–Trinajstić information content (AvgIpc) is 3.60. The van der Waals surface area contributed by atoms with Crippen molar-refractivity contribution in [2.75, 3.05) is 13.7 Å². The zero-order chi connectivity index (χ0) is 29.3. The molecule has 9 heteroatoms. The lowest BCUT2D eigenvalue weighted by atomic mass is 9.76. The molecule has 218 valence electrons. The van der Waals surface area contributed by atoms with Crippen molar-refractivity contribution in [3.05, 3.63) is 102 Å². The molecule has 2 N–H and O–H groups in total. The number of benzene rings is 3. The van der Waals surface area contributed by atoms with Crippen LogP contribution in [0.1, 0.15) is 37.0 Å². The summed E-state index contributed by atoms with van der Waals surface area (Å²) in [5, 5.41) is 13.9. The van der Waals surface area contributed by atoms with Crippen molar-refractivity contribution in [1.82, 2.24) is 10.2 Å². The third-order valence-electron chi connectivity index (χ3n) is 8.99. The summed E-state index contributed by atoms with van der Waals surface area (Å²) in [5.74, 6) is 0.870. The molecule has 1 fully saturated rings. The number of rotatable bonds is 8. The number of ether oxygens (including phenoxy) is 2. The predicted molar refractivity (Wildman–Crippen MR) is 162 cm³/mol. The maximum atomic E-state index is 15.7. The Hall–Kier alpha value is -4.08. The molecule has 2 unspecified atom stereocenters. The van der Waals surface area contributed by atoms with Crippen LogP contribution < -0.4 is 10.1 Å². The van der Waals surface area contributed by atoms with Gasteiger partial charge in [-0.05, 0) is 35.2 Å². The van der Waals surface area contributed by atoms with E-state index in [0.29, 0.717) is 12.3 Å². The molecule has 42 heavy (non-hydrogen) atoms. The minimum Gasteiger partial charge on any atom is -0.497 e. The Morgan fingerprint density at radius 3 is 2.14 bits per heavy atom. The first-order valence-electron chi connectivity index (χ1n) is 14.3. The number of halogens is 1. The Labute approximate surface area is 245 Å². The fourth-order valence-corrected chi connectivity index (χ4v) is 6.39. The fraction of sp³-hybridized carbons (Fsp3) is 0.364.